The van der Waals surface area contributed by atoms with Crippen molar-refractivity contribution < 1.29 is 4.79 Å². The van der Waals surface area contributed by atoms with Crippen molar-refractivity contribution in [1.29, 1.82) is 0 Å². The highest BCUT2D eigenvalue weighted by atomic mass is 16.1. The Kier molecular flexibility index (Phi) is 4.10. The molecule has 22 heavy (non-hydrogen) atoms. The molecule has 0 radical (unpaired) electrons. The molecule has 110 valence electrons. The average Bonchev–Trinajstić information content (AvgIpc) is 2.59. The number of amides is 1. The van der Waals surface area contributed by atoms with Gasteiger partial charge >= 0.3 is 0 Å². The lowest BCUT2D eigenvalue weighted by Crippen LogP contribution is -2.28. The Morgan fingerprint density at radius 3 is 2.73 bits per heavy atom. The first-order valence-corrected chi connectivity index (χ1v) is 7.34. The molecule has 0 bridgehead atoms. The number of aromatic nitrogens is 2. The van der Waals surface area contributed by atoms with Gasteiger partial charge in [-0.1, -0.05) is 37.3 Å². The lowest BCUT2D eigenvalue weighted by atomic mass is 10.0. The largest absolute Gasteiger partial charge is 0.344 e. The highest BCUT2D eigenvalue weighted by molar-refractivity contribution is 5.94. The van der Waals surface area contributed by atoms with Gasteiger partial charge < -0.3 is 5.32 Å². The Bertz CT molecular complexity index is 786. The summed E-state index contributed by atoms with van der Waals surface area (Å²) in [5, 5.41) is 3.97. The van der Waals surface area contributed by atoms with Crippen molar-refractivity contribution in [2.24, 2.45) is 0 Å². The fourth-order valence-corrected chi connectivity index (χ4v) is 2.43. The van der Waals surface area contributed by atoms with E-state index in [4.69, 9.17) is 0 Å². The number of nitrogens with one attached hydrogen (secondary N) is 1. The van der Waals surface area contributed by atoms with Gasteiger partial charge in [-0.15, -0.1) is 0 Å². The van der Waals surface area contributed by atoms with E-state index in [1.807, 2.05) is 36.4 Å². The highest BCUT2D eigenvalue weighted by Gasteiger charge is 2.15. The number of hydrogen-bond acceptors (Lipinski definition) is 3. The summed E-state index contributed by atoms with van der Waals surface area (Å²) in [7, 11) is 0. The number of fused-ring (bicyclic) bond motifs is 1. The van der Waals surface area contributed by atoms with Gasteiger partial charge in [0.15, 0.2) is 0 Å². The van der Waals surface area contributed by atoms with Crippen LogP contribution < -0.4 is 5.32 Å². The normalized spacial score (nSPS) is 12.0. The first-order valence-electron chi connectivity index (χ1n) is 7.34. The molecule has 2 aromatic heterocycles. The van der Waals surface area contributed by atoms with Crippen LogP contribution in [0.25, 0.3) is 10.9 Å². The van der Waals surface area contributed by atoms with Crippen LogP contribution in [0, 0.1) is 0 Å². The fourth-order valence-electron chi connectivity index (χ4n) is 2.43. The van der Waals surface area contributed by atoms with E-state index in [0.717, 1.165) is 22.9 Å². The monoisotopic (exact) mass is 291 g/mol. The van der Waals surface area contributed by atoms with E-state index in [-0.39, 0.29) is 11.9 Å². The van der Waals surface area contributed by atoms with Gasteiger partial charge in [0.05, 0.1) is 11.6 Å². The van der Waals surface area contributed by atoms with Crippen LogP contribution in [0.5, 0.6) is 0 Å². The predicted molar refractivity (Wildman–Crippen MR) is 86.5 cm³/mol. The first-order chi connectivity index (χ1) is 10.8. The maximum absolute atomic E-state index is 12.4. The van der Waals surface area contributed by atoms with Crippen LogP contribution in [-0.4, -0.2) is 15.9 Å². The molecule has 1 atom stereocenters. The van der Waals surface area contributed by atoms with Crippen LogP contribution in [0.15, 0.2) is 60.9 Å². The summed E-state index contributed by atoms with van der Waals surface area (Å²) < 4.78 is 0. The lowest BCUT2D eigenvalue weighted by Gasteiger charge is -2.17. The Hall–Kier alpha value is -2.75. The SMILES string of the molecule is CC[C@@H](NC(=O)c1ccc2cnccc2n1)c1ccccc1. The van der Waals surface area contributed by atoms with Crippen molar-refractivity contribution in [3.8, 4) is 0 Å². The smallest absolute Gasteiger partial charge is 0.270 e. The van der Waals surface area contributed by atoms with Gasteiger partial charge in [-0.2, -0.15) is 0 Å². The van der Waals surface area contributed by atoms with Crippen LogP contribution in [-0.2, 0) is 0 Å². The minimum Gasteiger partial charge on any atom is -0.344 e. The second-order valence-corrected chi connectivity index (χ2v) is 5.11. The zero-order valence-electron chi connectivity index (χ0n) is 12.4. The molecule has 1 amide bonds. The Labute approximate surface area is 129 Å². The van der Waals surface area contributed by atoms with Crippen LogP contribution >= 0.6 is 0 Å². The molecule has 2 heterocycles. The molecule has 0 aliphatic carbocycles. The van der Waals surface area contributed by atoms with Gasteiger partial charge in [0.2, 0.25) is 0 Å². The van der Waals surface area contributed by atoms with E-state index in [0.29, 0.717) is 5.69 Å². The maximum Gasteiger partial charge on any atom is 0.270 e. The zero-order valence-corrected chi connectivity index (χ0v) is 12.4. The number of benzene rings is 1. The Morgan fingerprint density at radius 1 is 1.14 bits per heavy atom. The van der Waals surface area contributed by atoms with Gasteiger partial charge in [-0.05, 0) is 30.2 Å². The molecule has 4 nitrogen and oxygen atoms in total. The average molecular weight is 291 g/mol. The van der Waals surface area contributed by atoms with Crippen LogP contribution in [0.1, 0.15) is 35.4 Å². The minimum absolute atomic E-state index is 0.0105. The van der Waals surface area contributed by atoms with Gasteiger partial charge in [-0.25, -0.2) is 4.98 Å². The number of nitrogens with zero attached hydrogens (tertiary/aromatic N) is 2. The van der Waals surface area contributed by atoms with Crippen molar-refractivity contribution >= 4 is 16.8 Å². The number of rotatable bonds is 4. The maximum atomic E-state index is 12.4. The predicted octanol–water partition coefficient (Wildman–Crippen LogP) is 3.51. The molecule has 0 aliphatic heterocycles. The molecule has 0 fully saturated rings. The van der Waals surface area contributed by atoms with Crippen molar-refractivity contribution in [1.82, 2.24) is 15.3 Å². The van der Waals surface area contributed by atoms with Crippen molar-refractivity contribution in [3.63, 3.8) is 0 Å². The third kappa shape index (κ3) is 2.96. The zero-order chi connectivity index (χ0) is 15.4. The number of hydrogen-bond donors (Lipinski definition) is 1. The summed E-state index contributed by atoms with van der Waals surface area (Å²) in [6, 6.07) is 15.4. The van der Waals surface area contributed by atoms with E-state index < -0.39 is 0 Å². The van der Waals surface area contributed by atoms with Crippen LogP contribution in [0.4, 0.5) is 0 Å². The Morgan fingerprint density at radius 2 is 1.95 bits per heavy atom. The molecule has 0 aliphatic rings. The molecule has 0 unspecified atom stereocenters. The minimum atomic E-state index is -0.158. The third-order valence-electron chi connectivity index (χ3n) is 3.64. The van der Waals surface area contributed by atoms with Crippen LogP contribution in [0.3, 0.4) is 0 Å². The summed E-state index contributed by atoms with van der Waals surface area (Å²) in [5.74, 6) is -0.158. The summed E-state index contributed by atoms with van der Waals surface area (Å²) in [6.45, 7) is 2.05. The van der Waals surface area contributed by atoms with E-state index in [9.17, 15) is 4.79 Å². The Balaban J connectivity index is 1.83. The molecular weight excluding hydrogens is 274 g/mol. The van der Waals surface area contributed by atoms with Gasteiger partial charge in [0, 0.05) is 17.8 Å². The third-order valence-corrected chi connectivity index (χ3v) is 3.64. The van der Waals surface area contributed by atoms with Crippen molar-refractivity contribution in [2.45, 2.75) is 19.4 Å². The number of pyridine rings is 2. The summed E-state index contributed by atoms with van der Waals surface area (Å²) in [6.07, 6.45) is 4.24. The molecule has 3 rings (SSSR count). The molecule has 0 spiro atoms. The standard InChI is InChI=1S/C18H17N3O/c1-2-15(13-6-4-3-5-7-13)21-18(22)17-9-8-14-12-19-11-10-16(14)20-17/h3-12,15H,2H2,1H3,(H,21,22)/t15-/m1/s1. The second-order valence-electron chi connectivity index (χ2n) is 5.11. The topological polar surface area (TPSA) is 54.9 Å². The molecule has 0 saturated carbocycles. The molecular formula is C18H17N3O. The summed E-state index contributed by atoms with van der Waals surface area (Å²) in [4.78, 5) is 20.9. The second kappa shape index (κ2) is 6.35. The first kappa shape index (κ1) is 14.2. The quantitative estimate of drug-likeness (QED) is 0.800. The summed E-state index contributed by atoms with van der Waals surface area (Å²) in [5.41, 5.74) is 2.30. The summed E-state index contributed by atoms with van der Waals surface area (Å²) >= 11 is 0. The van der Waals surface area contributed by atoms with Crippen molar-refractivity contribution in [3.05, 3.63) is 72.2 Å². The fraction of sp³-hybridized carbons (Fsp3) is 0.167. The molecule has 3 aromatic rings. The van der Waals surface area contributed by atoms with Crippen LogP contribution in [0.2, 0.25) is 0 Å². The van der Waals surface area contributed by atoms with Gasteiger partial charge in [-0.3, -0.25) is 9.78 Å². The van der Waals surface area contributed by atoms with E-state index in [1.165, 1.54) is 0 Å². The number of carbonyl (C=O) groups excluding carboxylic acids is 1. The van der Waals surface area contributed by atoms with E-state index in [2.05, 4.69) is 22.2 Å². The lowest BCUT2D eigenvalue weighted by molar-refractivity contribution is 0.0931. The van der Waals surface area contributed by atoms with Crippen molar-refractivity contribution in [2.75, 3.05) is 0 Å². The molecule has 1 aromatic carbocycles. The van der Waals surface area contributed by atoms with Gasteiger partial charge in [0.25, 0.3) is 5.91 Å². The highest BCUT2D eigenvalue weighted by Crippen LogP contribution is 2.17. The van der Waals surface area contributed by atoms with E-state index in [1.54, 1.807) is 24.5 Å². The molecule has 0 saturated heterocycles. The molecule has 4 heteroatoms. The number of carbonyl (C=O) groups is 1. The van der Waals surface area contributed by atoms with Gasteiger partial charge in [0.1, 0.15) is 5.69 Å². The molecule has 1 N–H and O–H groups in total. The van der Waals surface area contributed by atoms with E-state index >= 15 is 0 Å².